The predicted octanol–water partition coefficient (Wildman–Crippen LogP) is 3.25. The maximum absolute atomic E-state index is 5.64. The molecule has 0 aromatic heterocycles. The van der Waals surface area contributed by atoms with Gasteiger partial charge in [-0.15, -0.1) is 23.2 Å². The monoisotopic (exact) mass is 202 g/mol. The van der Waals surface area contributed by atoms with E-state index in [2.05, 4.69) is 24.3 Å². The molecule has 1 aromatic rings. The van der Waals surface area contributed by atoms with E-state index >= 15 is 0 Å². The Morgan fingerprint density at radius 2 is 1.42 bits per heavy atom. The topological polar surface area (TPSA) is 0 Å². The van der Waals surface area contributed by atoms with E-state index in [1.807, 2.05) is 0 Å². The second-order valence-corrected chi connectivity index (χ2v) is 3.45. The average Bonchev–Trinajstić information content (AvgIpc) is 2.06. The molecule has 0 fully saturated rings. The third-order valence-corrected chi connectivity index (χ3v) is 2.14. The molecule has 0 nitrogen and oxygen atoms in total. The van der Waals surface area contributed by atoms with Gasteiger partial charge in [0.25, 0.3) is 0 Å². The van der Waals surface area contributed by atoms with Crippen molar-refractivity contribution in [3.8, 4) is 0 Å². The van der Waals surface area contributed by atoms with Gasteiger partial charge in [-0.2, -0.15) is 0 Å². The molecular weight excluding hydrogens is 191 g/mol. The molecule has 0 heterocycles. The van der Waals surface area contributed by atoms with Crippen LogP contribution in [0.2, 0.25) is 0 Å². The third kappa shape index (κ3) is 3.04. The summed E-state index contributed by atoms with van der Waals surface area (Å²) in [5, 5.41) is 0. The summed E-state index contributed by atoms with van der Waals surface area (Å²) in [7, 11) is 0. The van der Waals surface area contributed by atoms with Gasteiger partial charge in [0.2, 0.25) is 0 Å². The molecule has 1 rings (SSSR count). The fourth-order valence-electron chi connectivity index (χ4n) is 1.16. The first-order valence-electron chi connectivity index (χ1n) is 4.06. The maximum Gasteiger partial charge on any atom is 0.0263 e. The summed E-state index contributed by atoms with van der Waals surface area (Å²) < 4.78 is 0. The molecule has 0 N–H and O–H groups in total. The van der Waals surface area contributed by atoms with Crippen LogP contribution in [0.5, 0.6) is 0 Å². The van der Waals surface area contributed by atoms with Crippen molar-refractivity contribution in [2.75, 3.05) is 11.8 Å². The standard InChI is InChI=1S/C10H12Cl2/c11-6-4-9-2-1-3-10(8-9)5-7-12/h1-3,8H,4-7H2. The zero-order valence-electron chi connectivity index (χ0n) is 6.89. The summed E-state index contributed by atoms with van der Waals surface area (Å²) >= 11 is 11.3. The van der Waals surface area contributed by atoms with Crippen LogP contribution in [-0.2, 0) is 12.8 Å². The van der Waals surface area contributed by atoms with Crippen LogP contribution >= 0.6 is 23.2 Å². The Hall–Kier alpha value is -0.200. The highest BCUT2D eigenvalue weighted by Gasteiger charge is 1.94. The Labute approximate surface area is 83.5 Å². The predicted molar refractivity (Wildman–Crippen MR) is 55.3 cm³/mol. The fraction of sp³-hybridized carbons (Fsp3) is 0.400. The van der Waals surface area contributed by atoms with E-state index in [9.17, 15) is 0 Å². The normalized spacial score (nSPS) is 10.2. The van der Waals surface area contributed by atoms with Crippen LogP contribution in [-0.4, -0.2) is 11.8 Å². The average molecular weight is 203 g/mol. The van der Waals surface area contributed by atoms with Crippen LogP contribution in [0.3, 0.4) is 0 Å². The van der Waals surface area contributed by atoms with Crippen LogP contribution in [0.4, 0.5) is 0 Å². The zero-order valence-corrected chi connectivity index (χ0v) is 8.41. The Balaban J connectivity index is 2.67. The lowest BCUT2D eigenvalue weighted by Gasteiger charge is -2.01. The minimum Gasteiger partial charge on any atom is -0.126 e. The van der Waals surface area contributed by atoms with Gasteiger partial charge in [-0.25, -0.2) is 0 Å². The molecule has 0 bridgehead atoms. The summed E-state index contributed by atoms with van der Waals surface area (Å²) in [5.41, 5.74) is 2.60. The number of aryl methyl sites for hydroxylation is 2. The Morgan fingerprint density at radius 3 is 1.83 bits per heavy atom. The van der Waals surface area contributed by atoms with Gasteiger partial charge >= 0.3 is 0 Å². The highest BCUT2D eigenvalue weighted by molar-refractivity contribution is 6.18. The molecule has 0 saturated carbocycles. The largest absolute Gasteiger partial charge is 0.126 e. The molecule has 12 heavy (non-hydrogen) atoms. The minimum atomic E-state index is 0.685. The van der Waals surface area contributed by atoms with Crippen LogP contribution in [0.25, 0.3) is 0 Å². The SMILES string of the molecule is ClCCc1cccc(CCCl)c1. The second-order valence-electron chi connectivity index (χ2n) is 2.70. The molecule has 0 saturated heterocycles. The smallest absolute Gasteiger partial charge is 0.0263 e. The summed E-state index contributed by atoms with van der Waals surface area (Å²) in [6.45, 7) is 0. The van der Waals surface area contributed by atoms with Crippen molar-refractivity contribution in [3.05, 3.63) is 35.4 Å². The Morgan fingerprint density at radius 1 is 0.917 bits per heavy atom. The van der Waals surface area contributed by atoms with Crippen molar-refractivity contribution in [1.29, 1.82) is 0 Å². The molecule has 1 aromatic carbocycles. The highest BCUT2D eigenvalue weighted by Crippen LogP contribution is 2.07. The van der Waals surface area contributed by atoms with Gasteiger partial charge in [-0.3, -0.25) is 0 Å². The maximum atomic E-state index is 5.64. The number of alkyl halides is 2. The van der Waals surface area contributed by atoms with Gasteiger partial charge in [0.05, 0.1) is 0 Å². The molecule has 0 spiro atoms. The molecule has 0 atom stereocenters. The molecule has 0 aliphatic rings. The first-order valence-corrected chi connectivity index (χ1v) is 5.13. The van der Waals surface area contributed by atoms with Gasteiger partial charge in [0.1, 0.15) is 0 Å². The summed E-state index contributed by atoms with van der Waals surface area (Å²) in [6.07, 6.45) is 1.88. The number of hydrogen-bond acceptors (Lipinski definition) is 0. The quantitative estimate of drug-likeness (QED) is 0.659. The first kappa shape index (κ1) is 9.88. The van der Waals surface area contributed by atoms with Crippen LogP contribution in [0, 0.1) is 0 Å². The molecule has 2 heteroatoms. The minimum absolute atomic E-state index is 0.685. The van der Waals surface area contributed by atoms with Crippen molar-refractivity contribution < 1.29 is 0 Å². The Bertz CT molecular complexity index is 212. The summed E-state index contributed by atoms with van der Waals surface area (Å²) in [6, 6.07) is 8.43. The lowest BCUT2D eigenvalue weighted by atomic mass is 10.1. The van der Waals surface area contributed by atoms with Crippen molar-refractivity contribution in [2.45, 2.75) is 12.8 Å². The van der Waals surface area contributed by atoms with Gasteiger partial charge in [-0.1, -0.05) is 24.3 Å². The van der Waals surface area contributed by atoms with E-state index in [4.69, 9.17) is 23.2 Å². The molecule has 0 amide bonds. The van der Waals surface area contributed by atoms with E-state index in [1.165, 1.54) is 11.1 Å². The van der Waals surface area contributed by atoms with Gasteiger partial charge in [0.15, 0.2) is 0 Å². The van der Waals surface area contributed by atoms with Gasteiger partial charge < -0.3 is 0 Å². The number of benzene rings is 1. The van der Waals surface area contributed by atoms with E-state index < -0.39 is 0 Å². The van der Waals surface area contributed by atoms with E-state index in [0.717, 1.165) is 12.8 Å². The second kappa shape index (κ2) is 5.45. The Kier molecular flexibility index (Phi) is 4.49. The number of rotatable bonds is 4. The molecule has 0 unspecified atom stereocenters. The van der Waals surface area contributed by atoms with E-state index in [1.54, 1.807) is 0 Å². The molecule has 66 valence electrons. The lowest BCUT2D eigenvalue weighted by Crippen LogP contribution is -1.90. The summed E-state index contributed by atoms with van der Waals surface area (Å²) in [5.74, 6) is 1.37. The van der Waals surface area contributed by atoms with Crippen LogP contribution in [0.15, 0.2) is 24.3 Å². The molecule has 0 aliphatic heterocycles. The van der Waals surface area contributed by atoms with Gasteiger partial charge in [-0.05, 0) is 24.0 Å². The highest BCUT2D eigenvalue weighted by atomic mass is 35.5. The van der Waals surface area contributed by atoms with Crippen molar-refractivity contribution in [1.82, 2.24) is 0 Å². The first-order chi connectivity index (χ1) is 5.86. The number of hydrogen-bond donors (Lipinski definition) is 0. The number of halogens is 2. The molecular formula is C10H12Cl2. The van der Waals surface area contributed by atoms with Crippen LogP contribution in [0.1, 0.15) is 11.1 Å². The summed E-state index contributed by atoms with van der Waals surface area (Å²) in [4.78, 5) is 0. The van der Waals surface area contributed by atoms with E-state index in [0.29, 0.717) is 11.8 Å². The van der Waals surface area contributed by atoms with Crippen molar-refractivity contribution >= 4 is 23.2 Å². The molecule has 0 aliphatic carbocycles. The van der Waals surface area contributed by atoms with E-state index in [-0.39, 0.29) is 0 Å². The van der Waals surface area contributed by atoms with Crippen molar-refractivity contribution in [3.63, 3.8) is 0 Å². The fourth-order valence-corrected chi connectivity index (χ4v) is 1.60. The zero-order chi connectivity index (χ0) is 8.81. The lowest BCUT2D eigenvalue weighted by molar-refractivity contribution is 1.10. The van der Waals surface area contributed by atoms with Crippen LogP contribution < -0.4 is 0 Å². The molecule has 0 radical (unpaired) electrons. The van der Waals surface area contributed by atoms with Crippen molar-refractivity contribution in [2.24, 2.45) is 0 Å². The third-order valence-electron chi connectivity index (χ3n) is 1.76. The van der Waals surface area contributed by atoms with Gasteiger partial charge in [0, 0.05) is 11.8 Å².